The number of nitrogens with two attached hydrogens (primary N) is 1. The van der Waals surface area contributed by atoms with Gasteiger partial charge < -0.3 is 16.0 Å². The van der Waals surface area contributed by atoms with Gasteiger partial charge in [-0.1, -0.05) is 17.7 Å². The number of benzene rings is 1. The van der Waals surface area contributed by atoms with Gasteiger partial charge in [0.25, 0.3) is 0 Å². The fourth-order valence-electron chi connectivity index (χ4n) is 1.53. The Kier molecular flexibility index (Phi) is 5.59. The zero-order valence-electron chi connectivity index (χ0n) is 10.8. The van der Waals surface area contributed by atoms with Crippen LogP contribution in [0.25, 0.3) is 0 Å². The van der Waals surface area contributed by atoms with Crippen molar-refractivity contribution in [2.75, 3.05) is 31.2 Å². The molecule has 1 rings (SSSR count). The van der Waals surface area contributed by atoms with E-state index in [-0.39, 0.29) is 0 Å². The van der Waals surface area contributed by atoms with E-state index in [0.29, 0.717) is 16.8 Å². The van der Waals surface area contributed by atoms with Crippen LogP contribution >= 0.6 is 11.6 Å². The number of rotatable bonds is 6. The number of nitrogen functional groups attached to an aromatic ring is 1. The maximum absolute atomic E-state index is 6.07. The molecule has 0 bridgehead atoms. The number of halogens is 1. The molecule has 3 N–H and O–H groups in total. The predicted molar refractivity (Wildman–Crippen MR) is 76.7 cm³/mol. The van der Waals surface area contributed by atoms with E-state index in [1.54, 1.807) is 0 Å². The first-order valence-electron chi connectivity index (χ1n) is 6.00. The summed E-state index contributed by atoms with van der Waals surface area (Å²) in [6.45, 7) is 6.33. The summed E-state index contributed by atoms with van der Waals surface area (Å²) in [5, 5.41) is 3.97. The summed E-state index contributed by atoms with van der Waals surface area (Å²) in [6.07, 6.45) is 1.07. The van der Waals surface area contributed by atoms with Crippen LogP contribution in [0.2, 0.25) is 5.02 Å². The minimum atomic E-state index is 0.584. The van der Waals surface area contributed by atoms with E-state index in [4.69, 9.17) is 17.3 Å². The molecule has 0 heterocycles. The van der Waals surface area contributed by atoms with E-state index < -0.39 is 0 Å². The Labute approximate surface area is 109 Å². The lowest BCUT2D eigenvalue weighted by Crippen LogP contribution is -2.28. The number of hydrogen-bond donors (Lipinski definition) is 2. The van der Waals surface area contributed by atoms with Crippen LogP contribution in [0.5, 0.6) is 0 Å². The second-order valence-corrected chi connectivity index (χ2v) is 4.97. The van der Waals surface area contributed by atoms with Crippen LogP contribution < -0.4 is 11.1 Å². The standard InChI is InChI=1S/C13H22ClN3/c1-10(2)17(3)9-5-8-16-13-11(14)6-4-7-12(13)15/h4,6-7,10,16H,5,8-9,15H2,1-3H3. The molecule has 0 atom stereocenters. The fraction of sp³-hybridized carbons (Fsp3) is 0.538. The molecule has 96 valence electrons. The second kappa shape index (κ2) is 6.72. The van der Waals surface area contributed by atoms with E-state index in [2.05, 4.69) is 31.1 Å². The van der Waals surface area contributed by atoms with Crippen LogP contribution in [0.15, 0.2) is 18.2 Å². The van der Waals surface area contributed by atoms with Gasteiger partial charge in [0.1, 0.15) is 0 Å². The van der Waals surface area contributed by atoms with E-state index in [9.17, 15) is 0 Å². The first-order valence-corrected chi connectivity index (χ1v) is 6.38. The normalized spacial score (nSPS) is 11.2. The molecular weight excluding hydrogens is 234 g/mol. The Hall–Kier alpha value is -0.930. The maximum Gasteiger partial charge on any atom is 0.0763 e. The molecule has 0 unspecified atom stereocenters. The van der Waals surface area contributed by atoms with Crippen molar-refractivity contribution < 1.29 is 0 Å². The maximum atomic E-state index is 6.07. The van der Waals surface area contributed by atoms with Crippen molar-refractivity contribution >= 4 is 23.0 Å². The molecular formula is C13H22ClN3. The largest absolute Gasteiger partial charge is 0.397 e. The second-order valence-electron chi connectivity index (χ2n) is 4.56. The first kappa shape index (κ1) is 14.1. The molecule has 0 spiro atoms. The van der Waals surface area contributed by atoms with Crippen molar-refractivity contribution in [3.63, 3.8) is 0 Å². The number of anilines is 2. The smallest absolute Gasteiger partial charge is 0.0763 e. The Balaban J connectivity index is 2.36. The Morgan fingerprint density at radius 1 is 1.41 bits per heavy atom. The summed E-state index contributed by atoms with van der Waals surface area (Å²) in [4.78, 5) is 2.32. The summed E-state index contributed by atoms with van der Waals surface area (Å²) in [6, 6.07) is 6.14. The van der Waals surface area contributed by atoms with Gasteiger partial charge in [-0.2, -0.15) is 0 Å². The van der Waals surface area contributed by atoms with Crippen molar-refractivity contribution in [3.8, 4) is 0 Å². The molecule has 0 saturated carbocycles. The minimum absolute atomic E-state index is 0.584. The van der Waals surface area contributed by atoms with E-state index >= 15 is 0 Å². The van der Waals surface area contributed by atoms with Crippen LogP contribution in [-0.2, 0) is 0 Å². The van der Waals surface area contributed by atoms with Crippen LogP contribution in [0.4, 0.5) is 11.4 Å². The highest BCUT2D eigenvalue weighted by Gasteiger charge is 2.04. The molecule has 3 nitrogen and oxygen atoms in total. The third-order valence-electron chi connectivity index (χ3n) is 2.92. The van der Waals surface area contributed by atoms with Gasteiger partial charge in [0.2, 0.25) is 0 Å². The summed E-state index contributed by atoms with van der Waals surface area (Å²) >= 11 is 6.07. The summed E-state index contributed by atoms with van der Waals surface area (Å²) in [5.74, 6) is 0. The van der Waals surface area contributed by atoms with Gasteiger partial charge in [-0.05, 0) is 46.0 Å². The molecule has 17 heavy (non-hydrogen) atoms. The molecule has 0 radical (unpaired) electrons. The Morgan fingerprint density at radius 2 is 2.12 bits per heavy atom. The molecule has 0 aliphatic rings. The van der Waals surface area contributed by atoms with E-state index in [1.165, 1.54) is 0 Å². The highest BCUT2D eigenvalue weighted by atomic mass is 35.5. The van der Waals surface area contributed by atoms with Crippen LogP contribution in [-0.4, -0.2) is 31.1 Å². The molecule has 0 fully saturated rings. The van der Waals surface area contributed by atoms with Gasteiger partial charge in [0.15, 0.2) is 0 Å². The predicted octanol–water partition coefficient (Wildman–Crippen LogP) is 3.06. The molecule has 4 heteroatoms. The van der Waals surface area contributed by atoms with E-state index in [0.717, 1.165) is 25.2 Å². The van der Waals surface area contributed by atoms with E-state index in [1.807, 2.05) is 18.2 Å². The summed E-state index contributed by atoms with van der Waals surface area (Å²) in [7, 11) is 2.13. The highest BCUT2D eigenvalue weighted by molar-refractivity contribution is 6.33. The van der Waals surface area contributed by atoms with Gasteiger partial charge in [-0.15, -0.1) is 0 Å². The monoisotopic (exact) mass is 255 g/mol. The fourth-order valence-corrected chi connectivity index (χ4v) is 1.78. The van der Waals surface area contributed by atoms with Gasteiger partial charge in [0, 0.05) is 12.6 Å². The SMILES string of the molecule is CC(C)N(C)CCCNc1c(N)cccc1Cl. The van der Waals surface area contributed by atoms with Crippen molar-refractivity contribution in [2.45, 2.75) is 26.3 Å². The van der Waals surface area contributed by atoms with Crippen LogP contribution in [0.1, 0.15) is 20.3 Å². The molecule has 1 aromatic rings. The van der Waals surface area contributed by atoms with Crippen molar-refractivity contribution in [3.05, 3.63) is 23.2 Å². The lowest BCUT2D eigenvalue weighted by Gasteiger charge is -2.21. The number of hydrogen-bond acceptors (Lipinski definition) is 3. The van der Waals surface area contributed by atoms with Gasteiger partial charge in [-0.3, -0.25) is 0 Å². The molecule has 0 aliphatic heterocycles. The molecule has 0 aromatic heterocycles. The zero-order chi connectivity index (χ0) is 12.8. The quantitative estimate of drug-likeness (QED) is 0.606. The van der Waals surface area contributed by atoms with Gasteiger partial charge >= 0.3 is 0 Å². The third kappa shape index (κ3) is 4.44. The third-order valence-corrected chi connectivity index (χ3v) is 3.23. The average molecular weight is 256 g/mol. The van der Waals surface area contributed by atoms with Crippen molar-refractivity contribution in [2.24, 2.45) is 0 Å². The van der Waals surface area contributed by atoms with Crippen molar-refractivity contribution in [1.82, 2.24) is 4.90 Å². The summed E-state index contributed by atoms with van der Waals surface area (Å²) in [5.41, 5.74) is 7.41. The van der Waals surface area contributed by atoms with Crippen molar-refractivity contribution in [1.29, 1.82) is 0 Å². The average Bonchev–Trinajstić information content (AvgIpc) is 2.27. The molecule has 0 amide bonds. The Morgan fingerprint density at radius 3 is 2.71 bits per heavy atom. The number of nitrogens with one attached hydrogen (secondary N) is 1. The Bertz CT molecular complexity index is 332. The van der Waals surface area contributed by atoms with Gasteiger partial charge in [-0.25, -0.2) is 0 Å². The lowest BCUT2D eigenvalue weighted by molar-refractivity contribution is 0.273. The molecule has 0 aliphatic carbocycles. The molecule has 0 saturated heterocycles. The summed E-state index contributed by atoms with van der Waals surface area (Å²) < 4.78 is 0. The lowest BCUT2D eigenvalue weighted by atomic mass is 10.2. The zero-order valence-corrected chi connectivity index (χ0v) is 11.6. The van der Waals surface area contributed by atoms with Crippen LogP contribution in [0.3, 0.4) is 0 Å². The van der Waals surface area contributed by atoms with Gasteiger partial charge in [0.05, 0.1) is 16.4 Å². The number of para-hydroxylation sites is 1. The molecule has 1 aromatic carbocycles. The minimum Gasteiger partial charge on any atom is -0.397 e. The highest BCUT2D eigenvalue weighted by Crippen LogP contribution is 2.27. The first-order chi connectivity index (χ1) is 8.02. The van der Waals surface area contributed by atoms with Crippen LogP contribution in [0, 0.1) is 0 Å². The topological polar surface area (TPSA) is 41.3 Å². The number of nitrogens with zero attached hydrogens (tertiary/aromatic N) is 1.